The number of fused-ring (bicyclic) bond motifs is 2. The fourth-order valence-corrected chi connectivity index (χ4v) is 6.90. The normalized spacial score (nSPS) is 17.3. The van der Waals surface area contributed by atoms with Crippen LogP contribution >= 0.6 is 11.3 Å². The Labute approximate surface area is 202 Å². The van der Waals surface area contributed by atoms with Gasteiger partial charge in [-0.2, -0.15) is 5.10 Å². The van der Waals surface area contributed by atoms with Crippen molar-refractivity contribution in [3.8, 4) is 10.4 Å². The van der Waals surface area contributed by atoms with E-state index < -0.39 is 0 Å². The molecule has 0 spiro atoms. The molecule has 0 unspecified atom stereocenters. The van der Waals surface area contributed by atoms with Crippen molar-refractivity contribution in [1.29, 1.82) is 0 Å². The lowest BCUT2D eigenvalue weighted by molar-refractivity contribution is 0.202. The van der Waals surface area contributed by atoms with Crippen molar-refractivity contribution >= 4 is 21.4 Å². The first kappa shape index (κ1) is 21.7. The van der Waals surface area contributed by atoms with Gasteiger partial charge in [0.2, 0.25) is 0 Å². The summed E-state index contributed by atoms with van der Waals surface area (Å²) in [5, 5.41) is 5.78. The third kappa shape index (κ3) is 4.01. The Kier molecular flexibility index (Phi) is 5.83. The van der Waals surface area contributed by atoms with Gasteiger partial charge in [0.05, 0.1) is 6.54 Å². The van der Waals surface area contributed by atoms with E-state index in [4.69, 9.17) is 0 Å². The summed E-state index contributed by atoms with van der Waals surface area (Å²) in [5.41, 5.74) is 2.64. The Morgan fingerprint density at radius 2 is 1.82 bits per heavy atom. The number of hydrogen-bond acceptors (Lipinski definition) is 4. The van der Waals surface area contributed by atoms with Crippen molar-refractivity contribution in [3.63, 3.8) is 0 Å². The molecule has 4 aromatic rings. The van der Waals surface area contributed by atoms with Gasteiger partial charge in [0.1, 0.15) is 11.6 Å². The number of benzene rings is 2. The lowest BCUT2D eigenvalue weighted by atomic mass is 9.86. The second-order valence-corrected chi connectivity index (χ2v) is 10.6. The van der Waals surface area contributed by atoms with Crippen LogP contribution in [0.3, 0.4) is 0 Å². The first-order valence-corrected chi connectivity index (χ1v) is 13.2. The summed E-state index contributed by atoms with van der Waals surface area (Å²) >= 11 is 1.71. The van der Waals surface area contributed by atoms with E-state index in [0.29, 0.717) is 12.5 Å². The Hall–Kier alpha value is -2.77. The van der Waals surface area contributed by atoms with Gasteiger partial charge < -0.3 is 4.90 Å². The highest BCUT2D eigenvalue weighted by Gasteiger charge is 2.27. The van der Waals surface area contributed by atoms with Gasteiger partial charge >= 0.3 is 5.69 Å². The number of likely N-dealkylation sites (tertiary alicyclic amines) is 1. The van der Waals surface area contributed by atoms with Crippen molar-refractivity contribution in [2.24, 2.45) is 0 Å². The molecule has 2 aliphatic heterocycles. The molecule has 0 aliphatic carbocycles. The van der Waals surface area contributed by atoms with Crippen LogP contribution in [-0.4, -0.2) is 38.9 Å². The molecule has 0 N–H and O–H groups in total. The molecular weight excluding hydrogens is 447 g/mol. The topological polar surface area (TPSA) is 43.1 Å². The molecule has 34 heavy (non-hydrogen) atoms. The standard InChI is InChI=1S/C27H29FN4OS/c28-21-9-10-22-23(18-21)34-26(20-6-2-1-3-7-20)25(22)19-11-14-30(15-12-19)16-17-32-27(33)31-13-5-4-8-24(31)29-32/h1-3,6-7,9-10,18-19H,4-5,8,11-17H2. The number of aromatic nitrogens is 3. The Morgan fingerprint density at radius 1 is 1.00 bits per heavy atom. The van der Waals surface area contributed by atoms with Crippen LogP contribution < -0.4 is 5.69 Å². The van der Waals surface area contributed by atoms with Gasteiger partial charge in [-0.15, -0.1) is 11.3 Å². The first-order chi connectivity index (χ1) is 16.7. The summed E-state index contributed by atoms with van der Waals surface area (Å²) in [5.74, 6) is 1.23. The van der Waals surface area contributed by atoms with E-state index in [1.807, 2.05) is 16.7 Å². The maximum Gasteiger partial charge on any atom is 0.345 e. The second kappa shape index (κ2) is 9.12. The van der Waals surface area contributed by atoms with Crippen molar-refractivity contribution in [2.75, 3.05) is 19.6 Å². The van der Waals surface area contributed by atoms with Crippen LogP contribution in [0.25, 0.3) is 20.5 Å². The van der Waals surface area contributed by atoms with Gasteiger partial charge in [-0.1, -0.05) is 36.4 Å². The highest BCUT2D eigenvalue weighted by molar-refractivity contribution is 7.22. The SMILES string of the molecule is O=c1n(CCN2CCC(c3c(-c4ccccc4)sc4cc(F)ccc34)CC2)nc2n1CCCC2. The van der Waals surface area contributed by atoms with E-state index in [9.17, 15) is 9.18 Å². The summed E-state index contributed by atoms with van der Waals surface area (Å²) in [6.45, 7) is 4.31. The van der Waals surface area contributed by atoms with Crippen LogP contribution in [0.5, 0.6) is 0 Å². The summed E-state index contributed by atoms with van der Waals surface area (Å²) in [6, 6.07) is 15.7. The van der Waals surface area contributed by atoms with Crippen molar-refractivity contribution < 1.29 is 4.39 Å². The average molecular weight is 477 g/mol. The minimum Gasteiger partial charge on any atom is -0.301 e. The fourth-order valence-electron chi connectivity index (χ4n) is 5.58. The predicted octanol–water partition coefficient (Wildman–Crippen LogP) is 5.28. The zero-order chi connectivity index (χ0) is 23.1. The maximum absolute atomic E-state index is 14.0. The largest absolute Gasteiger partial charge is 0.345 e. The quantitative estimate of drug-likeness (QED) is 0.394. The van der Waals surface area contributed by atoms with Crippen molar-refractivity contribution in [1.82, 2.24) is 19.2 Å². The smallest absolute Gasteiger partial charge is 0.301 e. The zero-order valence-electron chi connectivity index (χ0n) is 19.3. The van der Waals surface area contributed by atoms with Gasteiger partial charge in [0.25, 0.3) is 0 Å². The summed E-state index contributed by atoms with van der Waals surface area (Å²) in [6.07, 6.45) is 5.24. The van der Waals surface area contributed by atoms with E-state index in [2.05, 4.69) is 34.3 Å². The number of aryl methyl sites for hydroxylation is 1. The summed E-state index contributed by atoms with van der Waals surface area (Å²) in [7, 11) is 0. The molecule has 5 nitrogen and oxygen atoms in total. The molecule has 0 radical (unpaired) electrons. The van der Waals surface area contributed by atoms with Gasteiger partial charge in [0, 0.05) is 29.1 Å². The number of rotatable bonds is 5. The monoisotopic (exact) mass is 476 g/mol. The number of nitrogens with zero attached hydrogens (tertiary/aromatic N) is 4. The maximum atomic E-state index is 14.0. The molecule has 7 heteroatoms. The molecule has 4 heterocycles. The molecule has 0 saturated carbocycles. The predicted molar refractivity (Wildman–Crippen MR) is 135 cm³/mol. The van der Waals surface area contributed by atoms with Gasteiger partial charge in [0.15, 0.2) is 0 Å². The van der Waals surface area contributed by atoms with E-state index >= 15 is 0 Å². The summed E-state index contributed by atoms with van der Waals surface area (Å²) in [4.78, 5) is 16.4. The lowest BCUT2D eigenvalue weighted by Crippen LogP contribution is -2.37. The highest BCUT2D eigenvalue weighted by Crippen LogP contribution is 2.45. The van der Waals surface area contributed by atoms with E-state index in [1.165, 1.54) is 21.4 Å². The third-order valence-corrected chi connectivity index (χ3v) is 8.60. The molecule has 2 aromatic heterocycles. The molecule has 0 bridgehead atoms. The molecule has 0 amide bonds. The Morgan fingerprint density at radius 3 is 2.62 bits per heavy atom. The number of halogens is 1. The number of thiophene rings is 1. The molecule has 6 rings (SSSR count). The van der Waals surface area contributed by atoms with Crippen molar-refractivity contribution in [2.45, 2.75) is 51.1 Å². The zero-order valence-corrected chi connectivity index (χ0v) is 20.1. The van der Waals surface area contributed by atoms with Gasteiger partial charge in [-0.25, -0.2) is 13.9 Å². The molecule has 0 atom stereocenters. The molecular formula is C27H29FN4OS. The van der Waals surface area contributed by atoms with E-state index in [0.717, 1.165) is 68.8 Å². The Balaban J connectivity index is 1.19. The van der Waals surface area contributed by atoms with Crippen molar-refractivity contribution in [3.05, 3.63) is 76.2 Å². The minimum absolute atomic E-state index is 0.0501. The summed E-state index contributed by atoms with van der Waals surface area (Å²) < 4.78 is 18.5. The van der Waals surface area contributed by atoms with Gasteiger partial charge in [-0.3, -0.25) is 4.57 Å². The van der Waals surface area contributed by atoms with Gasteiger partial charge in [-0.05, 0) is 73.3 Å². The molecule has 1 fully saturated rings. The third-order valence-electron chi connectivity index (χ3n) is 7.38. The highest BCUT2D eigenvalue weighted by atomic mass is 32.1. The Bertz CT molecular complexity index is 1360. The molecule has 1 saturated heterocycles. The van der Waals surface area contributed by atoms with Crippen LogP contribution in [0.1, 0.15) is 43.0 Å². The average Bonchev–Trinajstić information content (AvgIpc) is 3.41. The van der Waals surface area contributed by atoms with E-state index in [1.54, 1.807) is 28.2 Å². The van der Waals surface area contributed by atoms with Crippen LogP contribution in [0.2, 0.25) is 0 Å². The van der Waals surface area contributed by atoms with Crippen LogP contribution in [-0.2, 0) is 19.5 Å². The first-order valence-electron chi connectivity index (χ1n) is 12.3. The fraction of sp³-hybridized carbons (Fsp3) is 0.407. The molecule has 2 aromatic carbocycles. The minimum atomic E-state index is -0.175. The number of hydrogen-bond donors (Lipinski definition) is 0. The van der Waals surface area contributed by atoms with E-state index in [-0.39, 0.29) is 11.5 Å². The molecule has 2 aliphatic rings. The van der Waals surface area contributed by atoms with Crippen LogP contribution in [0.15, 0.2) is 53.3 Å². The van der Waals surface area contributed by atoms with Crippen LogP contribution in [0.4, 0.5) is 4.39 Å². The van der Waals surface area contributed by atoms with Crippen LogP contribution in [0, 0.1) is 5.82 Å². The molecule has 176 valence electrons. The lowest BCUT2D eigenvalue weighted by Gasteiger charge is -2.32. The number of piperidine rings is 1. The second-order valence-electron chi connectivity index (χ2n) is 9.50.